The molecule has 0 fully saturated rings. The summed E-state index contributed by atoms with van der Waals surface area (Å²) in [6, 6.07) is 0.187. The number of aromatic amines is 1. The number of H-pyrrole nitrogens is 1. The van der Waals surface area contributed by atoms with Crippen LogP contribution in [-0.2, 0) is 22.9 Å². The molecule has 29 heavy (non-hydrogen) atoms. The Bertz CT molecular complexity index is 1020. The number of alkyl halides is 5. The van der Waals surface area contributed by atoms with E-state index in [0.29, 0.717) is 0 Å². The summed E-state index contributed by atoms with van der Waals surface area (Å²) in [6.07, 6.45) is -4.49. The van der Waals surface area contributed by atoms with Crippen molar-refractivity contribution in [2.24, 2.45) is 5.92 Å². The molecule has 0 aliphatic heterocycles. The normalized spacial score (nSPS) is 17.3. The Morgan fingerprint density at radius 2 is 1.97 bits per heavy atom. The molecule has 6 nitrogen and oxygen atoms in total. The van der Waals surface area contributed by atoms with E-state index in [4.69, 9.17) is 0 Å². The lowest BCUT2D eigenvalue weighted by molar-refractivity contribution is -0.177. The van der Waals surface area contributed by atoms with Crippen molar-refractivity contribution in [1.29, 1.82) is 0 Å². The number of aromatic nitrogens is 2. The SMILES string of the molecule is O=S(=O)(Nc1nc(F)c(OC(F)F)cc1F)c1c[nH]c2c1CCC(C(F)(F)F)C2. The van der Waals surface area contributed by atoms with Crippen molar-refractivity contribution in [2.75, 3.05) is 4.72 Å². The van der Waals surface area contributed by atoms with Crippen LogP contribution in [0.1, 0.15) is 17.7 Å². The Balaban J connectivity index is 1.87. The van der Waals surface area contributed by atoms with Crippen LogP contribution in [0.3, 0.4) is 0 Å². The fraction of sp³-hybridized carbons (Fsp3) is 0.400. The first-order valence-electron chi connectivity index (χ1n) is 7.98. The van der Waals surface area contributed by atoms with Gasteiger partial charge in [-0.3, -0.25) is 4.72 Å². The Kier molecular flexibility index (Phi) is 5.40. The maximum atomic E-state index is 14.0. The molecule has 2 aromatic rings. The Morgan fingerprint density at radius 3 is 2.59 bits per heavy atom. The zero-order valence-electron chi connectivity index (χ0n) is 14.2. The number of hydrogen-bond acceptors (Lipinski definition) is 4. The highest BCUT2D eigenvalue weighted by Gasteiger charge is 2.42. The maximum Gasteiger partial charge on any atom is 0.392 e. The molecule has 2 heterocycles. The molecule has 3 rings (SSSR count). The summed E-state index contributed by atoms with van der Waals surface area (Å²) in [7, 11) is -4.56. The summed E-state index contributed by atoms with van der Waals surface area (Å²) in [6.45, 7) is -3.46. The lowest BCUT2D eigenvalue weighted by Crippen LogP contribution is -2.29. The molecule has 0 spiro atoms. The van der Waals surface area contributed by atoms with Gasteiger partial charge in [-0.05, 0) is 24.8 Å². The fourth-order valence-corrected chi connectivity index (χ4v) is 4.27. The molecular formula is C15H12F7N3O3S. The molecule has 0 aromatic carbocycles. The number of ether oxygens (including phenoxy) is 1. The quantitative estimate of drug-likeness (QED) is 0.540. The average molecular weight is 447 g/mol. The molecule has 1 unspecified atom stereocenters. The van der Waals surface area contributed by atoms with Crippen molar-refractivity contribution in [3.63, 3.8) is 0 Å². The second-order valence-electron chi connectivity index (χ2n) is 6.18. The summed E-state index contributed by atoms with van der Waals surface area (Å²) in [5.74, 6) is -7.16. The minimum Gasteiger partial charge on any atom is -0.430 e. The van der Waals surface area contributed by atoms with Crippen LogP contribution in [0, 0.1) is 17.7 Å². The summed E-state index contributed by atoms with van der Waals surface area (Å²) in [4.78, 5) is 4.95. The highest BCUT2D eigenvalue weighted by atomic mass is 32.2. The van der Waals surface area contributed by atoms with E-state index in [0.717, 1.165) is 6.20 Å². The third-order valence-electron chi connectivity index (χ3n) is 4.33. The molecule has 1 aliphatic carbocycles. The lowest BCUT2D eigenvalue weighted by Gasteiger charge is -2.25. The van der Waals surface area contributed by atoms with Gasteiger partial charge in [0.25, 0.3) is 16.0 Å². The van der Waals surface area contributed by atoms with Crippen molar-refractivity contribution in [3.8, 4) is 5.75 Å². The van der Waals surface area contributed by atoms with Gasteiger partial charge in [-0.2, -0.15) is 31.3 Å². The molecule has 0 amide bonds. The number of rotatable bonds is 5. The molecule has 1 atom stereocenters. The number of hydrogen-bond donors (Lipinski definition) is 2. The van der Waals surface area contributed by atoms with Gasteiger partial charge in [0.05, 0.1) is 5.92 Å². The van der Waals surface area contributed by atoms with Gasteiger partial charge in [0.15, 0.2) is 17.4 Å². The summed E-state index contributed by atoms with van der Waals surface area (Å²) in [5, 5.41) is 0. The molecule has 0 radical (unpaired) electrons. The number of halogens is 7. The first-order valence-corrected chi connectivity index (χ1v) is 9.46. The van der Waals surface area contributed by atoms with Crippen LogP contribution < -0.4 is 9.46 Å². The van der Waals surface area contributed by atoms with Crippen LogP contribution in [0.5, 0.6) is 5.75 Å². The van der Waals surface area contributed by atoms with E-state index in [9.17, 15) is 39.2 Å². The molecular weight excluding hydrogens is 435 g/mol. The first-order chi connectivity index (χ1) is 13.4. The molecule has 0 saturated carbocycles. The average Bonchev–Trinajstić information content (AvgIpc) is 3.02. The Hall–Kier alpha value is -2.51. The zero-order chi connectivity index (χ0) is 21.6. The predicted octanol–water partition coefficient (Wildman–Crippen LogP) is 3.76. The molecule has 14 heteroatoms. The zero-order valence-corrected chi connectivity index (χ0v) is 15.0. The number of nitrogens with one attached hydrogen (secondary N) is 2. The van der Waals surface area contributed by atoms with Gasteiger partial charge in [0.1, 0.15) is 4.90 Å². The lowest BCUT2D eigenvalue weighted by atomic mass is 9.87. The van der Waals surface area contributed by atoms with Gasteiger partial charge >= 0.3 is 12.8 Å². The Labute approximate surface area is 159 Å². The van der Waals surface area contributed by atoms with E-state index in [2.05, 4.69) is 14.7 Å². The predicted molar refractivity (Wildman–Crippen MR) is 84.0 cm³/mol. The number of fused-ring (bicyclic) bond motifs is 1. The van der Waals surface area contributed by atoms with E-state index in [1.54, 1.807) is 4.72 Å². The summed E-state index contributed by atoms with van der Waals surface area (Å²) in [5.41, 5.74) is 0.163. The van der Waals surface area contributed by atoms with Gasteiger partial charge in [0.2, 0.25) is 0 Å². The van der Waals surface area contributed by atoms with E-state index in [1.165, 1.54) is 0 Å². The highest BCUT2D eigenvalue weighted by Crippen LogP contribution is 2.39. The third-order valence-corrected chi connectivity index (χ3v) is 5.73. The number of sulfonamides is 1. The number of anilines is 1. The van der Waals surface area contributed by atoms with E-state index in [1.807, 2.05) is 0 Å². The molecule has 2 N–H and O–H groups in total. The van der Waals surface area contributed by atoms with Crippen LogP contribution >= 0.6 is 0 Å². The molecule has 1 aliphatic rings. The molecule has 2 aromatic heterocycles. The number of nitrogens with zero attached hydrogens (tertiary/aromatic N) is 1. The summed E-state index contributed by atoms with van der Waals surface area (Å²) >= 11 is 0. The van der Waals surface area contributed by atoms with Crippen LogP contribution in [0.25, 0.3) is 0 Å². The van der Waals surface area contributed by atoms with Crippen molar-refractivity contribution >= 4 is 15.8 Å². The standard InChI is InChI=1S/C15H12F7N3O3S/c16-8-4-10(28-14(18)19)12(17)24-13(8)25-29(26,27)11-5-23-9-3-6(15(20,21)22)1-2-7(9)11/h4-6,14,23H,1-3H2,(H,24,25). The minimum absolute atomic E-state index is 0.0687. The van der Waals surface area contributed by atoms with Crippen LogP contribution in [0.4, 0.5) is 36.6 Å². The van der Waals surface area contributed by atoms with Crippen LogP contribution in [-0.4, -0.2) is 31.2 Å². The summed E-state index contributed by atoms with van der Waals surface area (Å²) < 4.78 is 121. The van der Waals surface area contributed by atoms with Gasteiger partial charge in [-0.15, -0.1) is 0 Å². The second kappa shape index (κ2) is 7.39. The third kappa shape index (κ3) is 4.41. The van der Waals surface area contributed by atoms with Crippen molar-refractivity contribution < 1.29 is 43.9 Å². The number of pyridine rings is 1. The van der Waals surface area contributed by atoms with Gasteiger partial charge in [-0.25, -0.2) is 12.8 Å². The molecule has 160 valence electrons. The fourth-order valence-electron chi connectivity index (χ4n) is 3.00. The van der Waals surface area contributed by atoms with Crippen molar-refractivity contribution in [1.82, 2.24) is 9.97 Å². The van der Waals surface area contributed by atoms with Gasteiger partial charge in [-0.1, -0.05) is 0 Å². The van der Waals surface area contributed by atoms with E-state index in [-0.39, 0.29) is 30.2 Å². The monoisotopic (exact) mass is 447 g/mol. The molecule has 0 saturated heterocycles. The maximum absolute atomic E-state index is 14.0. The van der Waals surface area contributed by atoms with Gasteiger partial charge in [0, 0.05) is 18.0 Å². The highest BCUT2D eigenvalue weighted by molar-refractivity contribution is 7.92. The van der Waals surface area contributed by atoms with E-state index < -0.39 is 63.4 Å². The topological polar surface area (TPSA) is 84.1 Å². The van der Waals surface area contributed by atoms with Gasteiger partial charge < -0.3 is 9.72 Å². The molecule has 0 bridgehead atoms. The largest absolute Gasteiger partial charge is 0.430 e. The Morgan fingerprint density at radius 1 is 1.28 bits per heavy atom. The van der Waals surface area contributed by atoms with Crippen molar-refractivity contribution in [3.05, 3.63) is 35.3 Å². The van der Waals surface area contributed by atoms with Crippen LogP contribution in [0.2, 0.25) is 0 Å². The second-order valence-corrected chi connectivity index (χ2v) is 7.83. The van der Waals surface area contributed by atoms with E-state index >= 15 is 0 Å². The first kappa shape index (κ1) is 21.2. The van der Waals surface area contributed by atoms with Crippen LogP contribution in [0.15, 0.2) is 17.2 Å². The minimum atomic E-state index is -4.56. The smallest absolute Gasteiger partial charge is 0.392 e. The van der Waals surface area contributed by atoms with Crippen molar-refractivity contribution in [2.45, 2.75) is 36.9 Å².